The lowest BCUT2D eigenvalue weighted by molar-refractivity contribution is 0.413. The Bertz CT molecular complexity index is 1490. The van der Waals surface area contributed by atoms with E-state index in [1.807, 2.05) is 25.4 Å². The minimum Gasteiger partial charge on any atom is -0.494 e. The summed E-state index contributed by atoms with van der Waals surface area (Å²) in [6.45, 7) is 2.84. The highest BCUT2D eigenvalue weighted by Gasteiger charge is 2.30. The summed E-state index contributed by atoms with van der Waals surface area (Å²) < 4.78 is 8.16. The normalized spacial score (nSPS) is 14.8. The Hall–Kier alpha value is -3.78. The molecule has 0 saturated heterocycles. The maximum absolute atomic E-state index is 6.50. The third-order valence-corrected chi connectivity index (χ3v) is 7.81. The van der Waals surface area contributed by atoms with E-state index in [4.69, 9.17) is 20.4 Å². The Morgan fingerprint density at radius 2 is 2.00 bits per heavy atom. The van der Waals surface area contributed by atoms with Crippen molar-refractivity contribution in [2.24, 2.45) is 0 Å². The minimum absolute atomic E-state index is 0.535. The summed E-state index contributed by atoms with van der Waals surface area (Å²) >= 11 is 0. The molecule has 0 amide bonds. The van der Waals surface area contributed by atoms with Crippen molar-refractivity contribution < 1.29 is 4.74 Å². The quantitative estimate of drug-likeness (QED) is 0.297. The first-order valence-corrected chi connectivity index (χ1v) is 13.5. The van der Waals surface area contributed by atoms with Crippen LogP contribution in [0, 0.1) is 0 Å². The largest absolute Gasteiger partial charge is 0.494 e. The zero-order valence-corrected chi connectivity index (χ0v) is 22.8. The van der Waals surface area contributed by atoms with Crippen LogP contribution in [0.1, 0.15) is 36.3 Å². The smallest absolute Gasteiger partial charge is 0.227 e. The number of aryl methyl sites for hydroxylation is 2. The highest BCUT2D eigenvalue weighted by atomic mass is 16.5. The molecule has 3 heterocycles. The van der Waals surface area contributed by atoms with Gasteiger partial charge in [-0.1, -0.05) is 18.2 Å². The van der Waals surface area contributed by atoms with Crippen molar-refractivity contribution in [1.29, 1.82) is 0 Å². The summed E-state index contributed by atoms with van der Waals surface area (Å²) in [7, 11) is 7.86. The van der Waals surface area contributed by atoms with E-state index in [1.54, 1.807) is 7.11 Å². The third kappa shape index (κ3) is 4.53. The fourth-order valence-electron chi connectivity index (χ4n) is 5.58. The summed E-state index contributed by atoms with van der Waals surface area (Å²) in [6.07, 6.45) is 9.00. The monoisotopic (exact) mass is 511 g/mol. The molecule has 6 rings (SSSR count). The number of nitrogens with one attached hydrogen (secondary N) is 1. The second-order valence-electron chi connectivity index (χ2n) is 10.9. The van der Waals surface area contributed by atoms with E-state index >= 15 is 0 Å². The van der Waals surface area contributed by atoms with Crippen LogP contribution in [-0.4, -0.2) is 60.8 Å². The predicted molar refractivity (Wildman–Crippen MR) is 156 cm³/mol. The fourth-order valence-corrected chi connectivity index (χ4v) is 5.58. The lowest BCUT2D eigenvalue weighted by atomic mass is 10.00. The van der Waals surface area contributed by atoms with E-state index in [1.165, 1.54) is 46.9 Å². The number of anilines is 4. The molecule has 1 aliphatic carbocycles. The summed E-state index contributed by atoms with van der Waals surface area (Å²) in [5, 5.41) is 4.69. The number of hydrogen-bond donors (Lipinski definition) is 2. The summed E-state index contributed by atoms with van der Waals surface area (Å²) in [5.74, 6) is 1.78. The van der Waals surface area contributed by atoms with Gasteiger partial charge in [-0.25, -0.2) is 9.97 Å². The topological polar surface area (TPSA) is 84.5 Å². The molecule has 198 valence electrons. The van der Waals surface area contributed by atoms with Gasteiger partial charge in [0.15, 0.2) is 0 Å². The van der Waals surface area contributed by atoms with Gasteiger partial charge in [0, 0.05) is 61.7 Å². The van der Waals surface area contributed by atoms with Crippen LogP contribution in [0.2, 0.25) is 0 Å². The van der Waals surface area contributed by atoms with Gasteiger partial charge in [-0.15, -0.1) is 0 Å². The fraction of sp³-hybridized carbons (Fsp3) is 0.400. The Morgan fingerprint density at radius 1 is 1.16 bits per heavy atom. The predicted octanol–water partition coefficient (Wildman–Crippen LogP) is 5.25. The number of nitrogens with zero attached hydrogens (tertiary/aromatic N) is 5. The number of likely N-dealkylation sites (N-methyl/N-ethyl adjacent to an activating group) is 2. The highest BCUT2D eigenvalue weighted by Crippen LogP contribution is 2.46. The summed E-state index contributed by atoms with van der Waals surface area (Å²) in [6, 6.07) is 10.6. The maximum atomic E-state index is 6.50. The number of benzene rings is 2. The third-order valence-electron chi connectivity index (χ3n) is 7.81. The molecule has 1 fully saturated rings. The van der Waals surface area contributed by atoms with Gasteiger partial charge in [-0.3, -0.25) is 0 Å². The van der Waals surface area contributed by atoms with Gasteiger partial charge in [0.05, 0.1) is 35.4 Å². The summed E-state index contributed by atoms with van der Waals surface area (Å²) in [4.78, 5) is 14.1. The van der Waals surface area contributed by atoms with Gasteiger partial charge in [0.1, 0.15) is 5.75 Å². The van der Waals surface area contributed by atoms with Gasteiger partial charge in [0.2, 0.25) is 5.95 Å². The number of nitrogens with two attached hydrogens (primary N) is 1. The van der Waals surface area contributed by atoms with Crippen molar-refractivity contribution in [3.63, 3.8) is 0 Å². The van der Waals surface area contributed by atoms with Crippen molar-refractivity contribution in [2.45, 2.75) is 38.1 Å². The van der Waals surface area contributed by atoms with E-state index in [0.29, 0.717) is 23.3 Å². The molecule has 0 unspecified atom stereocenters. The van der Waals surface area contributed by atoms with E-state index in [0.717, 1.165) is 43.1 Å². The Balaban J connectivity index is 1.37. The lowest BCUT2D eigenvalue weighted by Gasteiger charge is -2.24. The van der Waals surface area contributed by atoms with Gasteiger partial charge in [-0.05, 0) is 57.3 Å². The Labute approximate surface area is 224 Å². The molecule has 2 aromatic carbocycles. The molecule has 38 heavy (non-hydrogen) atoms. The molecule has 0 spiro atoms. The average molecular weight is 512 g/mol. The molecule has 0 atom stereocenters. The van der Waals surface area contributed by atoms with Gasteiger partial charge in [0.25, 0.3) is 0 Å². The van der Waals surface area contributed by atoms with E-state index < -0.39 is 0 Å². The highest BCUT2D eigenvalue weighted by molar-refractivity contribution is 5.98. The molecule has 3 N–H and O–H groups in total. The van der Waals surface area contributed by atoms with Crippen LogP contribution in [-0.2, 0) is 13.0 Å². The number of rotatable bonds is 9. The Morgan fingerprint density at radius 3 is 2.76 bits per heavy atom. The number of methoxy groups -OCH3 is 1. The van der Waals surface area contributed by atoms with Crippen LogP contribution >= 0.6 is 0 Å². The van der Waals surface area contributed by atoms with Gasteiger partial charge >= 0.3 is 0 Å². The molecular weight excluding hydrogens is 474 g/mol. The molecule has 2 aromatic heterocycles. The lowest BCUT2D eigenvalue weighted by Crippen LogP contribution is -2.29. The molecule has 8 heteroatoms. The first-order chi connectivity index (χ1) is 18.4. The standard InChI is InChI=1S/C30H37N7O/c1-35(2)13-14-36(3)26-16-27(38-4)25(15-24(26)31)33-30-32-17-22(19-10-11-19)28(34-30)23-18-37-12-6-8-20-7-5-9-21(23)29(20)37/h5,7,9,15-19H,6,8,10-14,31H2,1-4H3,(H,32,33,34). The zero-order valence-electron chi connectivity index (χ0n) is 22.8. The molecule has 4 aromatic rings. The van der Waals surface area contributed by atoms with Crippen LogP contribution in [0.5, 0.6) is 5.75 Å². The summed E-state index contributed by atoms with van der Waals surface area (Å²) in [5.41, 5.74) is 15.1. The molecule has 2 aliphatic rings. The van der Waals surface area contributed by atoms with E-state index in [-0.39, 0.29) is 0 Å². The number of para-hydroxylation sites is 1. The number of nitrogen functional groups attached to an aromatic ring is 1. The van der Waals surface area contributed by atoms with Crippen LogP contribution in [0.3, 0.4) is 0 Å². The van der Waals surface area contributed by atoms with Crippen LogP contribution in [0.25, 0.3) is 22.2 Å². The SMILES string of the molecule is COc1cc(N(C)CCN(C)C)c(N)cc1Nc1ncc(C2CC2)c(-c2cn3c4c(cccc24)CCC3)n1. The van der Waals surface area contributed by atoms with Crippen molar-refractivity contribution in [1.82, 2.24) is 19.4 Å². The number of ether oxygens (including phenoxy) is 1. The molecular formula is C30H37N7O. The van der Waals surface area contributed by atoms with E-state index in [9.17, 15) is 0 Å². The van der Waals surface area contributed by atoms with Crippen LogP contribution in [0.15, 0.2) is 42.7 Å². The van der Waals surface area contributed by atoms with Gasteiger partial charge < -0.3 is 30.2 Å². The minimum atomic E-state index is 0.535. The van der Waals surface area contributed by atoms with Crippen molar-refractivity contribution in [3.8, 4) is 17.0 Å². The van der Waals surface area contributed by atoms with Crippen molar-refractivity contribution in [3.05, 3.63) is 53.9 Å². The molecule has 0 radical (unpaired) electrons. The van der Waals surface area contributed by atoms with Crippen LogP contribution in [0.4, 0.5) is 23.0 Å². The van der Waals surface area contributed by atoms with E-state index in [2.05, 4.69) is 58.2 Å². The molecule has 1 saturated carbocycles. The molecule has 8 nitrogen and oxygen atoms in total. The Kier molecular flexibility index (Phi) is 6.35. The van der Waals surface area contributed by atoms with Crippen LogP contribution < -0.4 is 20.7 Å². The molecule has 1 aliphatic heterocycles. The first-order valence-electron chi connectivity index (χ1n) is 13.5. The zero-order chi connectivity index (χ0) is 26.4. The average Bonchev–Trinajstić information content (AvgIpc) is 3.69. The maximum Gasteiger partial charge on any atom is 0.227 e. The number of aromatic nitrogens is 3. The second kappa shape index (κ2) is 9.83. The molecule has 0 bridgehead atoms. The van der Waals surface area contributed by atoms with Gasteiger partial charge in [-0.2, -0.15) is 0 Å². The van der Waals surface area contributed by atoms with Crippen molar-refractivity contribution >= 4 is 33.9 Å². The number of hydrogen-bond acceptors (Lipinski definition) is 7. The van der Waals surface area contributed by atoms with Crippen molar-refractivity contribution in [2.75, 3.05) is 57.3 Å². The first kappa shape index (κ1) is 24.6. The second-order valence-corrected chi connectivity index (χ2v) is 10.9.